The van der Waals surface area contributed by atoms with E-state index in [1.807, 2.05) is 0 Å². The Balaban J connectivity index is 2.12. The summed E-state index contributed by atoms with van der Waals surface area (Å²) in [5.74, 6) is 0. The molecule has 98 valence electrons. The van der Waals surface area contributed by atoms with Crippen molar-refractivity contribution in [3.8, 4) is 0 Å². The number of nitro groups is 1. The molecule has 0 saturated carbocycles. The number of anilines is 1. The first-order valence-corrected chi connectivity index (χ1v) is 6.76. The van der Waals surface area contributed by atoms with Gasteiger partial charge >= 0.3 is 0 Å². The van der Waals surface area contributed by atoms with Crippen LogP contribution in [0.15, 0.2) is 23.1 Å². The average molecular weight is 285 g/mol. The maximum absolute atomic E-state index is 11.0. The van der Waals surface area contributed by atoms with Gasteiger partial charge in [-0.05, 0) is 25.0 Å². The number of hydrogen-bond donors (Lipinski definition) is 2. The van der Waals surface area contributed by atoms with E-state index < -0.39 is 0 Å². The van der Waals surface area contributed by atoms with E-state index in [1.165, 1.54) is 6.07 Å². The molecule has 7 heteroatoms. The van der Waals surface area contributed by atoms with Gasteiger partial charge in [-0.15, -0.1) is 12.6 Å². The second-order valence-corrected chi connectivity index (χ2v) is 5.66. The van der Waals surface area contributed by atoms with E-state index in [4.69, 9.17) is 0 Å². The van der Waals surface area contributed by atoms with Crippen molar-refractivity contribution in [2.24, 2.45) is 0 Å². The fraction of sp³-hybridized carbons (Fsp3) is 0.455. The minimum atomic E-state index is -0.361. The Kier molecular flexibility index (Phi) is 4.43. The SMILES string of the molecule is O=[N+]([O-])c1ccc(S)cc1NC1CCN(P)CC1. The molecule has 1 fully saturated rings. The number of benzene rings is 1. The molecule has 0 bridgehead atoms. The van der Waals surface area contributed by atoms with Gasteiger partial charge in [0.25, 0.3) is 5.69 Å². The molecule has 1 aromatic rings. The van der Waals surface area contributed by atoms with Gasteiger partial charge in [0.2, 0.25) is 0 Å². The first-order chi connectivity index (χ1) is 8.56. The van der Waals surface area contributed by atoms with Gasteiger partial charge in [0.15, 0.2) is 0 Å². The van der Waals surface area contributed by atoms with Crippen LogP contribution in [-0.2, 0) is 0 Å². The maximum atomic E-state index is 11.0. The van der Waals surface area contributed by atoms with Gasteiger partial charge in [-0.25, -0.2) is 0 Å². The van der Waals surface area contributed by atoms with Gasteiger partial charge in [0, 0.05) is 30.1 Å². The molecular formula is C11H16N3O2PS. The van der Waals surface area contributed by atoms with Gasteiger partial charge in [0.1, 0.15) is 5.69 Å². The molecule has 0 aromatic heterocycles. The zero-order valence-electron chi connectivity index (χ0n) is 9.87. The van der Waals surface area contributed by atoms with Crippen molar-refractivity contribution in [1.82, 2.24) is 4.67 Å². The Hall–Kier alpha value is -0.840. The van der Waals surface area contributed by atoms with E-state index in [9.17, 15) is 10.1 Å². The van der Waals surface area contributed by atoms with Crippen molar-refractivity contribution >= 4 is 33.4 Å². The third-order valence-electron chi connectivity index (χ3n) is 3.07. The highest BCUT2D eigenvalue weighted by molar-refractivity contribution is 7.80. The second-order valence-electron chi connectivity index (χ2n) is 4.41. The molecule has 1 aliphatic rings. The van der Waals surface area contributed by atoms with Crippen LogP contribution in [0.2, 0.25) is 0 Å². The fourth-order valence-electron chi connectivity index (χ4n) is 2.06. The number of nitro benzene ring substituents is 1. The van der Waals surface area contributed by atoms with E-state index in [1.54, 1.807) is 12.1 Å². The highest BCUT2D eigenvalue weighted by Gasteiger charge is 2.20. The lowest BCUT2D eigenvalue weighted by Crippen LogP contribution is -2.34. The van der Waals surface area contributed by atoms with Gasteiger partial charge in [-0.2, -0.15) is 0 Å². The molecule has 1 saturated heterocycles. The minimum Gasteiger partial charge on any atom is -0.377 e. The molecule has 0 aliphatic carbocycles. The van der Waals surface area contributed by atoms with Gasteiger partial charge in [0.05, 0.1) is 4.92 Å². The molecule has 5 nitrogen and oxygen atoms in total. The largest absolute Gasteiger partial charge is 0.377 e. The predicted molar refractivity (Wildman–Crippen MR) is 78.3 cm³/mol. The topological polar surface area (TPSA) is 58.4 Å². The minimum absolute atomic E-state index is 0.112. The molecule has 1 atom stereocenters. The summed E-state index contributed by atoms with van der Waals surface area (Å²) in [6, 6.07) is 5.14. The first kappa shape index (κ1) is 13.6. The molecule has 18 heavy (non-hydrogen) atoms. The normalized spacial score (nSPS) is 17.7. The average Bonchev–Trinajstić information content (AvgIpc) is 2.32. The van der Waals surface area contributed by atoms with Crippen LogP contribution >= 0.6 is 22.0 Å². The van der Waals surface area contributed by atoms with Crippen molar-refractivity contribution in [2.45, 2.75) is 23.8 Å². The summed E-state index contributed by atoms with van der Waals surface area (Å²) in [6.45, 7) is 1.97. The van der Waals surface area contributed by atoms with Crippen molar-refractivity contribution in [3.05, 3.63) is 28.3 Å². The van der Waals surface area contributed by atoms with Crippen molar-refractivity contribution < 1.29 is 4.92 Å². The lowest BCUT2D eigenvalue weighted by molar-refractivity contribution is -0.384. The Bertz CT molecular complexity index is 450. The smallest absolute Gasteiger partial charge is 0.292 e. The molecule has 2 rings (SSSR count). The molecule has 1 unspecified atom stereocenters. The summed E-state index contributed by atoms with van der Waals surface area (Å²) in [6.07, 6.45) is 1.97. The van der Waals surface area contributed by atoms with E-state index in [2.05, 4.69) is 32.0 Å². The molecule has 1 aliphatic heterocycles. The molecule has 1 N–H and O–H groups in total. The first-order valence-electron chi connectivity index (χ1n) is 5.80. The molecule has 0 spiro atoms. The van der Waals surface area contributed by atoms with Crippen LogP contribution in [0.1, 0.15) is 12.8 Å². The maximum Gasteiger partial charge on any atom is 0.292 e. The van der Waals surface area contributed by atoms with Crippen molar-refractivity contribution in [1.29, 1.82) is 0 Å². The van der Waals surface area contributed by atoms with Crippen LogP contribution in [0.5, 0.6) is 0 Å². The third-order valence-corrected chi connectivity index (χ3v) is 3.86. The number of nitrogens with zero attached hydrogens (tertiary/aromatic N) is 2. The second kappa shape index (κ2) is 5.87. The standard InChI is InChI=1S/C11H16N3O2PS/c15-14(16)11-2-1-9(18)7-10(11)12-8-3-5-13(17)6-4-8/h1-2,7-8,12,18H,3-6,17H2. The van der Waals surface area contributed by atoms with Crippen molar-refractivity contribution in [3.63, 3.8) is 0 Å². The molecule has 0 radical (unpaired) electrons. The number of thiol groups is 1. The van der Waals surface area contributed by atoms with Gasteiger partial charge in [-0.1, -0.05) is 9.39 Å². The van der Waals surface area contributed by atoms with E-state index in [0.29, 0.717) is 5.69 Å². The monoisotopic (exact) mass is 285 g/mol. The molecule has 0 amide bonds. The molecule has 1 heterocycles. The lowest BCUT2D eigenvalue weighted by Gasteiger charge is -2.29. The van der Waals surface area contributed by atoms with Gasteiger partial charge in [-0.3, -0.25) is 14.8 Å². The Morgan fingerprint density at radius 3 is 2.72 bits per heavy atom. The van der Waals surface area contributed by atoms with E-state index >= 15 is 0 Å². The Morgan fingerprint density at radius 1 is 1.44 bits per heavy atom. The number of hydrogen-bond acceptors (Lipinski definition) is 5. The summed E-state index contributed by atoms with van der Waals surface area (Å²) in [5.41, 5.74) is 0.677. The fourth-order valence-corrected chi connectivity index (χ4v) is 2.56. The van der Waals surface area contributed by atoms with Crippen LogP contribution in [0, 0.1) is 10.1 Å². The lowest BCUT2D eigenvalue weighted by atomic mass is 10.1. The summed E-state index contributed by atoms with van der Waals surface area (Å²) < 4.78 is 2.18. The molecule has 1 aromatic carbocycles. The predicted octanol–water partition coefficient (Wildman–Crippen LogP) is 2.55. The van der Waals surface area contributed by atoms with E-state index in [0.717, 1.165) is 30.8 Å². The van der Waals surface area contributed by atoms with Crippen LogP contribution in [0.3, 0.4) is 0 Å². The number of rotatable bonds is 3. The summed E-state index contributed by atoms with van der Waals surface area (Å²) in [5, 5.41) is 14.2. The van der Waals surface area contributed by atoms with Crippen LogP contribution in [0.25, 0.3) is 0 Å². The van der Waals surface area contributed by atoms with Gasteiger partial charge < -0.3 is 5.32 Å². The zero-order chi connectivity index (χ0) is 13.1. The summed E-state index contributed by atoms with van der Waals surface area (Å²) in [7, 11) is 2.69. The Morgan fingerprint density at radius 2 is 2.11 bits per heavy atom. The summed E-state index contributed by atoms with van der Waals surface area (Å²) >= 11 is 4.23. The number of piperidine rings is 1. The van der Waals surface area contributed by atoms with Crippen LogP contribution in [-0.4, -0.2) is 28.7 Å². The Labute approximate surface area is 114 Å². The van der Waals surface area contributed by atoms with Crippen molar-refractivity contribution in [2.75, 3.05) is 18.4 Å². The third kappa shape index (κ3) is 3.34. The van der Waals surface area contributed by atoms with Crippen LogP contribution in [0.4, 0.5) is 11.4 Å². The highest BCUT2D eigenvalue weighted by atomic mass is 32.1. The summed E-state index contributed by atoms with van der Waals surface area (Å²) in [4.78, 5) is 11.3. The highest BCUT2D eigenvalue weighted by Crippen LogP contribution is 2.29. The zero-order valence-corrected chi connectivity index (χ0v) is 11.9. The molecular weight excluding hydrogens is 269 g/mol. The van der Waals surface area contributed by atoms with E-state index in [-0.39, 0.29) is 16.7 Å². The quantitative estimate of drug-likeness (QED) is 0.388. The number of nitrogens with one attached hydrogen (secondary N) is 1. The van der Waals surface area contributed by atoms with Crippen LogP contribution < -0.4 is 5.32 Å².